The number of anilines is 2. The highest BCUT2D eigenvalue weighted by molar-refractivity contribution is 6.08. The maximum absolute atomic E-state index is 12.5. The fourth-order valence-electron chi connectivity index (χ4n) is 2.61. The van der Waals surface area contributed by atoms with E-state index < -0.39 is 0 Å². The molecule has 0 bridgehead atoms. The van der Waals surface area contributed by atoms with Crippen LogP contribution in [0.3, 0.4) is 0 Å². The normalized spacial score (nSPS) is 10.6. The molecule has 4 rings (SSSR count). The van der Waals surface area contributed by atoms with Gasteiger partial charge >= 0.3 is 0 Å². The van der Waals surface area contributed by atoms with Crippen LogP contribution in [0.2, 0.25) is 0 Å². The molecule has 0 saturated carbocycles. The molecule has 1 aromatic carbocycles. The van der Waals surface area contributed by atoms with Gasteiger partial charge in [-0.3, -0.25) is 4.79 Å². The summed E-state index contributed by atoms with van der Waals surface area (Å²) in [7, 11) is 0. The van der Waals surface area contributed by atoms with E-state index in [1.807, 2.05) is 18.2 Å². The Labute approximate surface area is 149 Å². The number of carbonyl (C=O) groups is 1. The highest BCUT2D eigenvalue weighted by atomic mass is 16.1. The Balaban J connectivity index is 1.43. The number of hydrogen-bond acceptors (Lipinski definition) is 5. The van der Waals surface area contributed by atoms with Gasteiger partial charge in [-0.15, -0.1) is 0 Å². The highest BCUT2D eigenvalue weighted by Crippen LogP contribution is 2.21. The van der Waals surface area contributed by atoms with E-state index >= 15 is 0 Å². The lowest BCUT2D eigenvalue weighted by molar-refractivity contribution is 0.102. The molecule has 0 spiro atoms. The van der Waals surface area contributed by atoms with E-state index in [0.717, 1.165) is 22.3 Å². The van der Waals surface area contributed by atoms with E-state index in [1.54, 1.807) is 49.1 Å². The lowest BCUT2D eigenvalue weighted by Gasteiger charge is -2.08. The van der Waals surface area contributed by atoms with Crippen LogP contribution in [0.4, 0.5) is 11.6 Å². The zero-order valence-corrected chi connectivity index (χ0v) is 13.8. The van der Waals surface area contributed by atoms with E-state index in [0.29, 0.717) is 18.1 Å². The van der Waals surface area contributed by atoms with Crippen LogP contribution in [-0.2, 0) is 6.54 Å². The minimum atomic E-state index is -0.162. The minimum absolute atomic E-state index is 0.162. The van der Waals surface area contributed by atoms with Crippen molar-refractivity contribution < 1.29 is 4.79 Å². The second kappa shape index (κ2) is 7.02. The topological polar surface area (TPSA) is 95.6 Å². The average molecular weight is 344 g/mol. The molecule has 0 aliphatic heterocycles. The van der Waals surface area contributed by atoms with Gasteiger partial charge in [0.05, 0.1) is 5.69 Å². The van der Waals surface area contributed by atoms with Crippen molar-refractivity contribution in [2.24, 2.45) is 0 Å². The molecule has 0 radical (unpaired) electrons. The molecule has 0 fully saturated rings. The van der Waals surface area contributed by atoms with Crippen molar-refractivity contribution in [3.05, 3.63) is 78.4 Å². The molecular formula is C19H16N6O. The molecule has 26 heavy (non-hydrogen) atoms. The summed E-state index contributed by atoms with van der Waals surface area (Å²) in [5.74, 6) is 0.409. The Morgan fingerprint density at radius 2 is 1.77 bits per heavy atom. The van der Waals surface area contributed by atoms with E-state index in [1.165, 1.54) is 0 Å². The van der Waals surface area contributed by atoms with Crippen LogP contribution < -0.4 is 10.6 Å². The van der Waals surface area contributed by atoms with Gasteiger partial charge in [0.25, 0.3) is 5.91 Å². The molecule has 0 atom stereocenters. The molecule has 7 heteroatoms. The Morgan fingerprint density at radius 3 is 2.58 bits per heavy atom. The van der Waals surface area contributed by atoms with Crippen LogP contribution in [0.15, 0.2) is 67.3 Å². The number of nitrogens with zero attached hydrogens (tertiary/aromatic N) is 3. The Morgan fingerprint density at radius 1 is 0.962 bits per heavy atom. The predicted molar refractivity (Wildman–Crippen MR) is 99.8 cm³/mol. The lowest BCUT2D eigenvalue weighted by Crippen LogP contribution is -2.12. The molecule has 0 saturated heterocycles. The minimum Gasteiger partial charge on any atom is -0.350 e. The summed E-state index contributed by atoms with van der Waals surface area (Å²) in [6.07, 6.45) is 6.83. The molecule has 3 heterocycles. The largest absolute Gasteiger partial charge is 0.350 e. The number of amides is 1. The van der Waals surface area contributed by atoms with Crippen molar-refractivity contribution in [2.45, 2.75) is 6.54 Å². The molecule has 7 nitrogen and oxygen atoms in total. The second-order valence-corrected chi connectivity index (χ2v) is 5.68. The number of carbonyl (C=O) groups excluding carboxylic acids is 1. The van der Waals surface area contributed by atoms with E-state index in [9.17, 15) is 4.79 Å². The zero-order valence-electron chi connectivity index (χ0n) is 13.8. The summed E-state index contributed by atoms with van der Waals surface area (Å²) < 4.78 is 0. The molecule has 3 aromatic heterocycles. The maximum Gasteiger partial charge on any atom is 0.255 e. The first-order valence-electron chi connectivity index (χ1n) is 8.13. The van der Waals surface area contributed by atoms with Crippen LogP contribution in [0, 0.1) is 0 Å². The third kappa shape index (κ3) is 3.36. The van der Waals surface area contributed by atoms with Gasteiger partial charge in [0.2, 0.25) is 5.95 Å². The van der Waals surface area contributed by atoms with Crippen LogP contribution in [0.1, 0.15) is 15.9 Å². The van der Waals surface area contributed by atoms with Gasteiger partial charge in [0, 0.05) is 42.3 Å². The maximum atomic E-state index is 12.5. The zero-order chi connectivity index (χ0) is 17.8. The van der Waals surface area contributed by atoms with Crippen molar-refractivity contribution in [3.8, 4) is 0 Å². The van der Waals surface area contributed by atoms with Crippen molar-refractivity contribution in [1.29, 1.82) is 0 Å². The fourth-order valence-corrected chi connectivity index (χ4v) is 2.61. The van der Waals surface area contributed by atoms with E-state index in [2.05, 4.69) is 30.6 Å². The number of pyridine rings is 1. The second-order valence-electron chi connectivity index (χ2n) is 5.68. The third-order valence-electron chi connectivity index (χ3n) is 3.94. The van der Waals surface area contributed by atoms with E-state index in [-0.39, 0.29) is 5.91 Å². The van der Waals surface area contributed by atoms with Crippen molar-refractivity contribution >= 4 is 28.6 Å². The Bertz CT molecular complexity index is 1030. The quantitative estimate of drug-likeness (QED) is 0.517. The van der Waals surface area contributed by atoms with Crippen LogP contribution in [-0.4, -0.2) is 25.8 Å². The van der Waals surface area contributed by atoms with Gasteiger partial charge in [0.1, 0.15) is 5.65 Å². The predicted octanol–water partition coefficient (Wildman–Crippen LogP) is 3.22. The highest BCUT2D eigenvalue weighted by Gasteiger charge is 2.09. The molecular weight excluding hydrogens is 328 g/mol. The lowest BCUT2D eigenvalue weighted by atomic mass is 10.1. The molecule has 4 aromatic rings. The monoisotopic (exact) mass is 344 g/mol. The summed E-state index contributed by atoms with van der Waals surface area (Å²) in [4.78, 5) is 28.0. The molecule has 0 aliphatic carbocycles. The average Bonchev–Trinajstić information content (AvgIpc) is 3.17. The summed E-state index contributed by atoms with van der Waals surface area (Å²) in [5, 5.41) is 6.94. The van der Waals surface area contributed by atoms with Gasteiger partial charge in [-0.25, -0.2) is 15.0 Å². The number of H-pyrrole nitrogens is 1. The van der Waals surface area contributed by atoms with Crippen molar-refractivity contribution in [1.82, 2.24) is 19.9 Å². The number of fused-ring (bicyclic) bond motifs is 1. The molecule has 1 amide bonds. The van der Waals surface area contributed by atoms with Gasteiger partial charge in [0.15, 0.2) is 0 Å². The number of nitrogens with one attached hydrogen (secondary N) is 3. The van der Waals surface area contributed by atoms with Crippen LogP contribution >= 0.6 is 0 Å². The fraction of sp³-hybridized carbons (Fsp3) is 0.0526. The van der Waals surface area contributed by atoms with Crippen LogP contribution in [0.5, 0.6) is 0 Å². The first-order valence-corrected chi connectivity index (χ1v) is 8.13. The summed E-state index contributed by atoms with van der Waals surface area (Å²) in [6, 6.07) is 12.8. The standard InChI is InChI=1S/C19H16N6O/c26-18(25-16-7-11-21-17-15(16)6-10-20-17)14-4-2-13(3-5-14)12-24-19-22-8-1-9-23-19/h1-11H,12H2,(H,22,23,24)(H2,20,21,25,26). The van der Waals surface area contributed by atoms with Crippen LogP contribution in [0.25, 0.3) is 11.0 Å². The molecule has 128 valence electrons. The first kappa shape index (κ1) is 15.8. The number of hydrogen-bond donors (Lipinski definition) is 3. The molecule has 0 unspecified atom stereocenters. The van der Waals surface area contributed by atoms with Gasteiger partial charge in [-0.05, 0) is 35.9 Å². The van der Waals surface area contributed by atoms with Crippen molar-refractivity contribution in [2.75, 3.05) is 10.6 Å². The van der Waals surface area contributed by atoms with E-state index in [4.69, 9.17) is 0 Å². The Kier molecular flexibility index (Phi) is 4.26. The first-order chi connectivity index (χ1) is 12.8. The third-order valence-corrected chi connectivity index (χ3v) is 3.94. The summed E-state index contributed by atoms with van der Waals surface area (Å²) in [6.45, 7) is 0.584. The summed E-state index contributed by atoms with van der Waals surface area (Å²) >= 11 is 0. The van der Waals surface area contributed by atoms with Crippen molar-refractivity contribution in [3.63, 3.8) is 0 Å². The number of aromatic amines is 1. The van der Waals surface area contributed by atoms with Gasteiger partial charge in [-0.2, -0.15) is 0 Å². The number of aromatic nitrogens is 4. The molecule has 3 N–H and O–H groups in total. The van der Waals surface area contributed by atoms with Gasteiger partial charge < -0.3 is 15.6 Å². The smallest absolute Gasteiger partial charge is 0.255 e. The molecule has 0 aliphatic rings. The number of benzene rings is 1. The number of rotatable bonds is 5. The Hall–Kier alpha value is -3.74. The summed E-state index contributed by atoms with van der Waals surface area (Å²) in [5.41, 5.74) is 3.09. The van der Waals surface area contributed by atoms with Gasteiger partial charge in [-0.1, -0.05) is 12.1 Å². The SMILES string of the molecule is O=C(Nc1ccnc2[nH]ccc12)c1ccc(CNc2ncccn2)cc1.